The summed E-state index contributed by atoms with van der Waals surface area (Å²) in [7, 11) is 6.18. The molecule has 0 aromatic heterocycles. The molecule has 9 heteroatoms. The molecule has 0 aliphatic carbocycles. The molecule has 1 saturated heterocycles. The maximum Gasteiger partial charge on any atom is 0.327 e. The van der Waals surface area contributed by atoms with Gasteiger partial charge in [-0.1, -0.05) is 13.3 Å². The number of anilines is 1. The van der Waals surface area contributed by atoms with Crippen LogP contribution in [0.25, 0.3) is 0 Å². The van der Waals surface area contributed by atoms with Crippen LogP contribution in [0.1, 0.15) is 19.8 Å². The summed E-state index contributed by atoms with van der Waals surface area (Å²) in [5, 5.41) is 2.87. The van der Waals surface area contributed by atoms with Crippen LogP contribution < -0.4 is 14.8 Å². The van der Waals surface area contributed by atoms with E-state index in [9.17, 15) is 14.4 Å². The quantitative estimate of drug-likeness (QED) is 0.732. The number of carbonyl (C=O) groups is 3. The molecule has 9 nitrogen and oxygen atoms in total. The molecule has 3 rings (SSSR count). The summed E-state index contributed by atoms with van der Waals surface area (Å²) in [4.78, 5) is 42.8. The van der Waals surface area contributed by atoms with E-state index in [1.54, 1.807) is 38.4 Å². The third-order valence-corrected chi connectivity index (χ3v) is 5.53. The number of nitrogens with one attached hydrogen (secondary N) is 1. The zero-order valence-corrected chi connectivity index (χ0v) is 18.0. The third-order valence-electron chi connectivity index (χ3n) is 5.53. The van der Waals surface area contributed by atoms with Gasteiger partial charge < -0.3 is 24.6 Å². The van der Waals surface area contributed by atoms with Crippen molar-refractivity contribution in [1.82, 2.24) is 14.7 Å². The van der Waals surface area contributed by atoms with Gasteiger partial charge in [0.1, 0.15) is 23.4 Å². The predicted octanol–water partition coefficient (Wildman–Crippen LogP) is 2.11. The number of urea groups is 1. The normalized spacial score (nSPS) is 20.8. The Bertz CT molecular complexity index is 884. The van der Waals surface area contributed by atoms with Gasteiger partial charge in [0.15, 0.2) is 0 Å². The van der Waals surface area contributed by atoms with Crippen molar-refractivity contribution in [3.63, 3.8) is 0 Å². The molecular formula is C21H28N4O5. The van der Waals surface area contributed by atoms with Crippen molar-refractivity contribution < 1.29 is 23.9 Å². The number of ether oxygens (including phenoxy) is 2. The summed E-state index contributed by atoms with van der Waals surface area (Å²) in [6, 6.07) is 4.72. The van der Waals surface area contributed by atoms with E-state index in [0.29, 0.717) is 29.4 Å². The molecular weight excluding hydrogens is 388 g/mol. The second-order valence-electron chi connectivity index (χ2n) is 7.35. The fraction of sp³-hybridized carbons (Fsp3) is 0.476. The maximum atomic E-state index is 13.2. The lowest BCUT2D eigenvalue weighted by molar-refractivity contribution is -0.137. The van der Waals surface area contributed by atoms with Crippen molar-refractivity contribution in [2.75, 3.05) is 40.2 Å². The Balaban J connectivity index is 1.91. The number of benzene rings is 1. The molecule has 1 N–H and O–H groups in total. The number of rotatable bonds is 7. The molecule has 2 unspecified atom stereocenters. The summed E-state index contributed by atoms with van der Waals surface area (Å²) in [5.41, 5.74) is 0.863. The lowest BCUT2D eigenvalue weighted by Crippen LogP contribution is -2.62. The Morgan fingerprint density at radius 2 is 1.90 bits per heavy atom. The van der Waals surface area contributed by atoms with E-state index in [0.717, 1.165) is 17.7 Å². The van der Waals surface area contributed by atoms with Crippen LogP contribution in [-0.2, 0) is 9.59 Å². The number of hydrogen-bond donors (Lipinski definition) is 1. The van der Waals surface area contributed by atoms with Gasteiger partial charge in [0, 0.05) is 26.7 Å². The molecule has 1 fully saturated rings. The van der Waals surface area contributed by atoms with Crippen LogP contribution in [0, 0.1) is 5.92 Å². The van der Waals surface area contributed by atoms with Crippen molar-refractivity contribution in [2.24, 2.45) is 5.92 Å². The van der Waals surface area contributed by atoms with Gasteiger partial charge in [-0.2, -0.15) is 0 Å². The van der Waals surface area contributed by atoms with Crippen LogP contribution in [0.5, 0.6) is 11.5 Å². The number of imide groups is 1. The topological polar surface area (TPSA) is 91.4 Å². The zero-order valence-electron chi connectivity index (χ0n) is 18.0. The molecule has 4 amide bonds. The van der Waals surface area contributed by atoms with Gasteiger partial charge in [-0.15, -0.1) is 0 Å². The highest BCUT2D eigenvalue weighted by atomic mass is 16.5. The lowest BCUT2D eigenvalue weighted by Gasteiger charge is -2.43. The predicted molar refractivity (Wildman–Crippen MR) is 111 cm³/mol. The van der Waals surface area contributed by atoms with E-state index in [1.165, 1.54) is 19.1 Å². The van der Waals surface area contributed by atoms with Crippen molar-refractivity contribution in [3.8, 4) is 11.5 Å². The van der Waals surface area contributed by atoms with Crippen molar-refractivity contribution in [2.45, 2.75) is 25.9 Å². The fourth-order valence-corrected chi connectivity index (χ4v) is 3.88. The number of amides is 4. The Labute approximate surface area is 176 Å². The molecule has 2 aliphatic heterocycles. The Hall–Kier alpha value is -3.23. The summed E-state index contributed by atoms with van der Waals surface area (Å²) in [6.07, 6.45) is 2.89. The average molecular weight is 416 g/mol. The number of nitrogens with zero attached hydrogens (tertiary/aromatic N) is 3. The Kier molecular flexibility index (Phi) is 6.19. The maximum absolute atomic E-state index is 13.2. The van der Waals surface area contributed by atoms with Crippen molar-refractivity contribution in [3.05, 3.63) is 30.0 Å². The van der Waals surface area contributed by atoms with Gasteiger partial charge in [-0.3, -0.25) is 14.5 Å². The van der Waals surface area contributed by atoms with Gasteiger partial charge in [0.05, 0.1) is 25.8 Å². The van der Waals surface area contributed by atoms with Gasteiger partial charge in [-0.05, 0) is 24.6 Å². The fourth-order valence-electron chi connectivity index (χ4n) is 3.88. The summed E-state index contributed by atoms with van der Waals surface area (Å²) < 4.78 is 10.6. The Morgan fingerprint density at radius 3 is 2.53 bits per heavy atom. The molecule has 1 aromatic rings. The van der Waals surface area contributed by atoms with E-state index in [-0.39, 0.29) is 17.8 Å². The first kappa shape index (κ1) is 21.5. The van der Waals surface area contributed by atoms with Crippen LogP contribution in [-0.4, -0.2) is 73.6 Å². The highest BCUT2D eigenvalue weighted by Gasteiger charge is 2.50. The molecule has 1 aromatic carbocycles. The van der Waals surface area contributed by atoms with Gasteiger partial charge in [-0.25, -0.2) is 4.79 Å². The summed E-state index contributed by atoms with van der Waals surface area (Å²) >= 11 is 0. The SMILES string of the molecule is CCCCN1C(C(=O)Nc2ccc(OC)cc2OC)=CC2C(=O)N(C)C(=O)N(C)C21. The molecule has 2 heterocycles. The van der Waals surface area contributed by atoms with E-state index in [2.05, 4.69) is 5.32 Å². The first-order valence-corrected chi connectivity index (χ1v) is 9.90. The number of unbranched alkanes of at least 4 members (excludes halogenated alkanes) is 1. The van der Waals surface area contributed by atoms with E-state index >= 15 is 0 Å². The molecule has 162 valence electrons. The van der Waals surface area contributed by atoms with E-state index in [4.69, 9.17) is 9.47 Å². The number of methoxy groups -OCH3 is 2. The minimum Gasteiger partial charge on any atom is -0.497 e. The van der Waals surface area contributed by atoms with Crippen LogP contribution in [0.3, 0.4) is 0 Å². The second kappa shape index (κ2) is 8.64. The minimum atomic E-state index is -0.590. The summed E-state index contributed by atoms with van der Waals surface area (Å²) in [5.74, 6) is -0.195. The second-order valence-corrected chi connectivity index (χ2v) is 7.35. The Morgan fingerprint density at radius 1 is 1.17 bits per heavy atom. The minimum absolute atomic E-state index is 0.311. The zero-order chi connectivity index (χ0) is 22.0. The molecule has 0 saturated carbocycles. The first-order chi connectivity index (χ1) is 14.3. The molecule has 30 heavy (non-hydrogen) atoms. The highest BCUT2D eigenvalue weighted by Crippen LogP contribution is 2.36. The molecule has 2 atom stereocenters. The summed E-state index contributed by atoms with van der Waals surface area (Å²) in [6.45, 7) is 2.61. The van der Waals surface area contributed by atoms with E-state index < -0.39 is 12.1 Å². The smallest absolute Gasteiger partial charge is 0.327 e. The average Bonchev–Trinajstić information content (AvgIpc) is 3.14. The van der Waals surface area contributed by atoms with Crippen LogP contribution in [0.4, 0.5) is 10.5 Å². The largest absolute Gasteiger partial charge is 0.497 e. The lowest BCUT2D eigenvalue weighted by atomic mass is 10.0. The standard InChI is InChI=1S/C21H28N4O5/c1-6-7-10-25-16(12-14-19(25)23(2)21(28)24(3)20(14)27)18(26)22-15-9-8-13(29-4)11-17(15)30-5/h8-9,11-12,14,19H,6-7,10H2,1-5H3,(H,22,26). The molecule has 0 bridgehead atoms. The number of fused-ring (bicyclic) bond motifs is 1. The third kappa shape index (κ3) is 3.67. The first-order valence-electron chi connectivity index (χ1n) is 9.90. The van der Waals surface area contributed by atoms with E-state index in [1.807, 2.05) is 11.8 Å². The van der Waals surface area contributed by atoms with Gasteiger partial charge in [0.25, 0.3) is 5.91 Å². The number of carbonyl (C=O) groups excluding carboxylic acids is 3. The monoisotopic (exact) mass is 416 g/mol. The number of hydrogen-bond acceptors (Lipinski definition) is 6. The molecule has 2 aliphatic rings. The molecule has 0 spiro atoms. The van der Waals surface area contributed by atoms with Crippen LogP contribution in [0.15, 0.2) is 30.0 Å². The van der Waals surface area contributed by atoms with Gasteiger partial charge in [0.2, 0.25) is 5.91 Å². The molecule has 0 radical (unpaired) electrons. The van der Waals surface area contributed by atoms with Crippen molar-refractivity contribution >= 4 is 23.5 Å². The van der Waals surface area contributed by atoms with Crippen LogP contribution >= 0.6 is 0 Å². The highest BCUT2D eigenvalue weighted by molar-refractivity contribution is 6.07. The van der Waals surface area contributed by atoms with Crippen LogP contribution in [0.2, 0.25) is 0 Å². The van der Waals surface area contributed by atoms with Gasteiger partial charge >= 0.3 is 6.03 Å². The van der Waals surface area contributed by atoms with Crippen molar-refractivity contribution in [1.29, 1.82) is 0 Å².